The molecule has 3 heteroatoms. The number of esters is 1. The van der Waals surface area contributed by atoms with Crippen molar-refractivity contribution in [2.45, 2.75) is 284 Å². The molecule has 0 aromatic rings. The van der Waals surface area contributed by atoms with Crippen molar-refractivity contribution in [2.24, 2.45) is 5.92 Å². The van der Waals surface area contributed by atoms with Gasteiger partial charge in [0.25, 0.3) is 0 Å². The minimum Gasteiger partial charge on any atom is -0.465 e. The molecule has 0 fully saturated rings. The van der Waals surface area contributed by atoms with Gasteiger partial charge in [0.15, 0.2) is 0 Å². The fourth-order valence-corrected chi connectivity index (χ4v) is 7.61. The maximum absolute atomic E-state index is 12.4. The summed E-state index contributed by atoms with van der Waals surface area (Å²) in [6.07, 6.45) is 53.7. The third-order valence-corrected chi connectivity index (χ3v) is 11.1. The van der Waals surface area contributed by atoms with Gasteiger partial charge in [-0.25, -0.2) is 0 Å². The van der Waals surface area contributed by atoms with Crippen molar-refractivity contribution in [3.8, 4) is 0 Å². The van der Waals surface area contributed by atoms with Crippen molar-refractivity contribution in [3.05, 3.63) is 0 Å². The van der Waals surface area contributed by atoms with Crippen molar-refractivity contribution >= 4 is 11.8 Å². The minimum absolute atomic E-state index is 0.0833. The van der Waals surface area contributed by atoms with Crippen LogP contribution in [0.1, 0.15) is 284 Å². The molecule has 0 bridgehead atoms. The van der Waals surface area contributed by atoms with E-state index < -0.39 is 0 Å². The summed E-state index contributed by atoms with van der Waals surface area (Å²) in [5.74, 6) is 0.385. The Kier molecular flexibility index (Phi) is 42.8. The van der Waals surface area contributed by atoms with Crippen LogP contribution in [0.2, 0.25) is 0 Å². The van der Waals surface area contributed by atoms with Crippen molar-refractivity contribution < 1.29 is 14.3 Å². The molecular formula is C48H94O3. The Morgan fingerprint density at radius 3 is 0.863 bits per heavy atom. The van der Waals surface area contributed by atoms with Gasteiger partial charge in [-0.2, -0.15) is 0 Å². The average Bonchev–Trinajstić information content (AvgIpc) is 3.12. The van der Waals surface area contributed by atoms with E-state index in [0.29, 0.717) is 31.7 Å². The molecule has 0 saturated carbocycles. The quantitative estimate of drug-likeness (QED) is 0.0465. The van der Waals surface area contributed by atoms with E-state index in [1.807, 2.05) is 6.92 Å². The molecule has 0 aliphatic heterocycles. The van der Waals surface area contributed by atoms with Crippen LogP contribution in [-0.4, -0.2) is 18.4 Å². The summed E-state index contributed by atoms with van der Waals surface area (Å²) in [6, 6.07) is 0. The molecule has 304 valence electrons. The predicted molar refractivity (Wildman–Crippen MR) is 226 cm³/mol. The Morgan fingerprint density at radius 1 is 0.353 bits per heavy atom. The fourth-order valence-electron chi connectivity index (χ4n) is 7.61. The highest BCUT2D eigenvalue weighted by Crippen LogP contribution is 2.17. The standard InChI is InChI=1S/C48H94O3/c1-4-6-8-10-12-14-16-18-20-22-24-26-28-30-32-34-36-38-40-42-47(49)44-46(3)45-51-48(50)43-41-39-37-35-33-31-29-27-25-23-21-19-17-15-13-11-9-7-5-2/h46H,4-45H2,1-3H3. The number of unbranched alkanes of at least 4 members (excludes halogenated alkanes) is 36. The lowest BCUT2D eigenvalue weighted by molar-refractivity contribution is -0.145. The third-order valence-electron chi connectivity index (χ3n) is 11.1. The molecule has 0 N–H and O–H groups in total. The van der Waals surface area contributed by atoms with E-state index in [1.165, 1.54) is 225 Å². The van der Waals surface area contributed by atoms with E-state index in [9.17, 15) is 9.59 Å². The Balaban J connectivity index is 3.35. The van der Waals surface area contributed by atoms with Crippen LogP contribution in [0, 0.1) is 5.92 Å². The SMILES string of the molecule is CCCCCCCCCCCCCCCCCCCCCC(=O)CC(C)COC(=O)CCCCCCCCCCCCCCCCCCCCC. The average molecular weight is 719 g/mol. The van der Waals surface area contributed by atoms with Crippen LogP contribution in [0.15, 0.2) is 0 Å². The fraction of sp³-hybridized carbons (Fsp3) is 0.958. The summed E-state index contributed by atoms with van der Waals surface area (Å²) >= 11 is 0. The smallest absolute Gasteiger partial charge is 0.305 e. The summed E-state index contributed by atoms with van der Waals surface area (Å²) in [7, 11) is 0. The van der Waals surface area contributed by atoms with Crippen LogP contribution in [0.25, 0.3) is 0 Å². The Hall–Kier alpha value is -0.860. The molecule has 0 saturated heterocycles. The molecular weight excluding hydrogens is 625 g/mol. The molecule has 0 radical (unpaired) electrons. The van der Waals surface area contributed by atoms with E-state index in [0.717, 1.165) is 19.3 Å². The topological polar surface area (TPSA) is 43.4 Å². The highest BCUT2D eigenvalue weighted by Gasteiger charge is 2.12. The molecule has 0 heterocycles. The number of rotatable bonds is 44. The summed E-state index contributed by atoms with van der Waals surface area (Å²) in [5, 5.41) is 0. The number of carbonyl (C=O) groups is 2. The molecule has 1 unspecified atom stereocenters. The second-order valence-electron chi connectivity index (χ2n) is 16.8. The second kappa shape index (κ2) is 43.5. The van der Waals surface area contributed by atoms with Crippen LogP contribution < -0.4 is 0 Å². The highest BCUT2D eigenvalue weighted by atomic mass is 16.5. The highest BCUT2D eigenvalue weighted by molar-refractivity contribution is 5.78. The van der Waals surface area contributed by atoms with Crippen molar-refractivity contribution in [2.75, 3.05) is 6.61 Å². The predicted octanol–water partition coefficient (Wildman–Crippen LogP) is 16.8. The zero-order valence-corrected chi connectivity index (χ0v) is 35.5. The Bertz CT molecular complexity index is 688. The van der Waals surface area contributed by atoms with Crippen LogP contribution >= 0.6 is 0 Å². The van der Waals surface area contributed by atoms with E-state index in [1.54, 1.807) is 0 Å². The molecule has 0 aliphatic carbocycles. The van der Waals surface area contributed by atoms with Crippen LogP contribution in [0.3, 0.4) is 0 Å². The van der Waals surface area contributed by atoms with Gasteiger partial charge in [0.05, 0.1) is 6.61 Å². The Labute approximate surface area is 321 Å². The first-order valence-electron chi connectivity index (χ1n) is 23.8. The lowest BCUT2D eigenvalue weighted by Crippen LogP contribution is -2.15. The van der Waals surface area contributed by atoms with E-state index in [2.05, 4.69) is 13.8 Å². The normalized spacial score (nSPS) is 12.1. The van der Waals surface area contributed by atoms with Crippen molar-refractivity contribution in [1.82, 2.24) is 0 Å². The van der Waals surface area contributed by atoms with Gasteiger partial charge in [0, 0.05) is 19.3 Å². The molecule has 0 rings (SSSR count). The van der Waals surface area contributed by atoms with Crippen molar-refractivity contribution in [1.29, 1.82) is 0 Å². The molecule has 0 amide bonds. The zero-order chi connectivity index (χ0) is 37.1. The van der Waals surface area contributed by atoms with E-state index >= 15 is 0 Å². The maximum Gasteiger partial charge on any atom is 0.305 e. The first-order chi connectivity index (χ1) is 25.1. The molecule has 0 spiro atoms. The summed E-state index contributed by atoms with van der Waals surface area (Å²) in [4.78, 5) is 24.6. The lowest BCUT2D eigenvalue weighted by atomic mass is 10.0. The van der Waals surface area contributed by atoms with Gasteiger partial charge in [-0.05, 0) is 18.8 Å². The van der Waals surface area contributed by atoms with Crippen molar-refractivity contribution in [3.63, 3.8) is 0 Å². The first kappa shape index (κ1) is 50.1. The van der Waals surface area contributed by atoms with Crippen LogP contribution in [0.5, 0.6) is 0 Å². The molecule has 0 aromatic heterocycles. The van der Waals surface area contributed by atoms with Gasteiger partial charge < -0.3 is 4.74 Å². The van der Waals surface area contributed by atoms with Crippen LogP contribution in [0.4, 0.5) is 0 Å². The summed E-state index contributed by atoms with van der Waals surface area (Å²) < 4.78 is 5.50. The number of Topliss-reactive ketones (excluding diaryl/α,β-unsaturated/α-hetero) is 1. The second-order valence-corrected chi connectivity index (χ2v) is 16.8. The van der Waals surface area contributed by atoms with Gasteiger partial charge in [0.2, 0.25) is 0 Å². The lowest BCUT2D eigenvalue weighted by Gasteiger charge is -2.11. The number of carbonyl (C=O) groups excluding carboxylic acids is 2. The summed E-state index contributed by atoms with van der Waals surface area (Å²) in [6.45, 7) is 7.02. The Morgan fingerprint density at radius 2 is 0.588 bits per heavy atom. The zero-order valence-electron chi connectivity index (χ0n) is 35.5. The van der Waals surface area contributed by atoms with E-state index in [-0.39, 0.29) is 11.9 Å². The monoisotopic (exact) mass is 719 g/mol. The van der Waals surface area contributed by atoms with Gasteiger partial charge >= 0.3 is 5.97 Å². The molecule has 51 heavy (non-hydrogen) atoms. The van der Waals surface area contributed by atoms with Gasteiger partial charge in [-0.3, -0.25) is 9.59 Å². The summed E-state index contributed by atoms with van der Waals surface area (Å²) in [5.41, 5.74) is 0. The number of ketones is 1. The first-order valence-corrected chi connectivity index (χ1v) is 23.8. The number of hydrogen-bond donors (Lipinski definition) is 0. The van der Waals surface area contributed by atoms with Gasteiger partial charge in [-0.1, -0.05) is 252 Å². The number of hydrogen-bond acceptors (Lipinski definition) is 3. The molecule has 3 nitrogen and oxygen atoms in total. The van der Waals surface area contributed by atoms with Gasteiger partial charge in [0.1, 0.15) is 5.78 Å². The van der Waals surface area contributed by atoms with E-state index in [4.69, 9.17) is 4.74 Å². The minimum atomic E-state index is -0.0833. The third kappa shape index (κ3) is 43.4. The molecule has 1 atom stereocenters. The molecule has 0 aromatic carbocycles. The maximum atomic E-state index is 12.4. The van der Waals surface area contributed by atoms with Crippen LogP contribution in [-0.2, 0) is 14.3 Å². The van der Waals surface area contributed by atoms with Gasteiger partial charge in [-0.15, -0.1) is 0 Å². The largest absolute Gasteiger partial charge is 0.465 e. The molecule has 0 aliphatic rings. The number of ether oxygens (including phenoxy) is 1.